The van der Waals surface area contributed by atoms with Gasteiger partial charge in [0.1, 0.15) is 11.4 Å². The van der Waals surface area contributed by atoms with E-state index in [1.807, 2.05) is 0 Å². The van der Waals surface area contributed by atoms with Gasteiger partial charge in [0.15, 0.2) is 11.4 Å². The monoisotopic (exact) mass is 305 g/mol. The number of hydrogen-bond donors (Lipinski definition) is 4. The molecule has 1 heterocycles. The zero-order chi connectivity index (χ0) is 16.3. The summed E-state index contributed by atoms with van der Waals surface area (Å²) >= 11 is 0. The fraction of sp³-hybridized carbons (Fsp3) is 0.0714. The summed E-state index contributed by atoms with van der Waals surface area (Å²) in [6, 6.07) is 5.44. The molecule has 0 spiro atoms. The summed E-state index contributed by atoms with van der Waals surface area (Å²) < 4.78 is 12.8. The van der Waals surface area contributed by atoms with Gasteiger partial charge in [-0.05, 0) is 17.7 Å². The van der Waals surface area contributed by atoms with Crippen molar-refractivity contribution in [3.63, 3.8) is 0 Å². The van der Waals surface area contributed by atoms with Crippen LogP contribution in [0.4, 0.5) is 4.39 Å². The number of halogens is 1. The molecule has 0 aliphatic rings. The lowest BCUT2D eigenvalue weighted by Gasteiger charge is -2.06. The van der Waals surface area contributed by atoms with Crippen LogP contribution in [0.2, 0.25) is 0 Å². The van der Waals surface area contributed by atoms with E-state index in [1.165, 1.54) is 24.3 Å². The van der Waals surface area contributed by atoms with E-state index in [2.05, 4.69) is 10.3 Å². The van der Waals surface area contributed by atoms with E-state index < -0.39 is 34.5 Å². The number of rotatable bonds is 4. The zero-order valence-corrected chi connectivity index (χ0v) is 11.2. The molecule has 2 aromatic rings. The smallest absolute Gasteiger partial charge is 0.269 e. The van der Waals surface area contributed by atoms with Crippen molar-refractivity contribution < 1.29 is 19.1 Å². The topological polar surface area (TPSA) is 125 Å². The quantitative estimate of drug-likeness (QED) is 0.646. The molecule has 5 N–H and O–H groups in total. The molecular weight excluding hydrogens is 293 g/mol. The van der Waals surface area contributed by atoms with Crippen molar-refractivity contribution in [3.05, 3.63) is 63.3 Å². The SMILES string of the molecule is NC(=O)c1[nH]cc(C(=O)NCc2ccc(F)cc2)c(=O)c1O. The Bertz CT molecular complexity index is 784. The summed E-state index contributed by atoms with van der Waals surface area (Å²) in [4.78, 5) is 37.0. The highest BCUT2D eigenvalue weighted by molar-refractivity contribution is 5.97. The van der Waals surface area contributed by atoms with E-state index in [0.717, 1.165) is 6.20 Å². The molecular formula is C14H12FN3O4. The molecule has 0 saturated heterocycles. The zero-order valence-electron chi connectivity index (χ0n) is 11.2. The minimum atomic E-state index is -1.02. The maximum Gasteiger partial charge on any atom is 0.269 e. The van der Waals surface area contributed by atoms with Crippen molar-refractivity contribution in [2.24, 2.45) is 5.73 Å². The summed E-state index contributed by atoms with van der Waals surface area (Å²) in [5.41, 5.74) is 3.73. The highest BCUT2D eigenvalue weighted by Gasteiger charge is 2.18. The van der Waals surface area contributed by atoms with Crippen LogP contribution < -0.4 is 16.5 Å². The number of carbonyl (C=O) groups excluding carboxylic acids is 2. The minimum absolute atomic E-state index is 0.0664. The minimum Gasteiger partial charge on any atom is -0.503 e. The molecule has 0 aliphatic carbocycles. The predicted molar refractivity (Wildman–Crippen MR) is 74.8 cm³/mol. The molecule has 22 heavy (non-hydrogen) atoms. The van der Waals surface area contributed by atoms with Gasteiger partial charge in [-0.15, -0.1) is 0 Å². The van der Waals surface area contributed by atoms with Crippen LogP contribution in [-0.2, 0) is 6.54 Å². The largest absolute Gasteiger partial charge is 0.503 e. The molecule has 7 nitrogen and oxygen atoms in total. The number of H-pyrrole nitrogens is 1. The van der Waals surface area contributed by atoms with Crippen LogP contribution in [-0.4, -0.2) is 21.9 Å². The van der Waals surface area contributed by atoms with Crippen LogP contribution in [0.3, 0.4) is 0 Å². The maximum absolute atomic E-state index is 12.8. The van der Waals surface area contributed by atoms with E-state index >= 15 is 0 Å². The third-order valence-corrected chi connectivity index (χ3v) is 2.91. The Morgan fingerprint density at radius 3 is 2.50 bits per heavy atom. The third kappa shape index (κ3) is 3.11. The Morgan fingerprint density at radius 1 is 1.27 bits per heavy atom. The van der Waals surface area contributed by atoms with Crippen molar-refractivity contribution in [2.45, 2.75) is 6.54 Å². The number of nitrogens with two attached hydrogens (primary N) is 1. The fourth-order valence-corrected chi connectivity index (χ4v) is 1.76. The lowest BCUT2D eigenvalue weighted by molar-refractivity contribution is 0.0944. The Balaban J connectivity index is 2.16. The number of carbonyl (C=O) groups is 2. The number of benzene rings is 1. The van der Waals surface area contributed by atoms with Gasteiger partial charge < -0.3 is 21.1 Å². The molecule has 0 saturated carbocycles. The van der Waals surface area contributed by atoms with E-state index in [0.29, 0.717) is 5.56 Å². The lowest BCUT2D eigenvalue weighted by atomic mass is 10.2. The number of nitrogens with one attached hydrogen (secondary N) is 2. The van der Waals surface area contributed by atoms with Crippen LogP contribution in [0.25, 0.3) is 0 Å². The molecule has 0 atom stereocenters. The summed E-state index contributed by atoms with van der Waals surface area (Å²) in [5, 5.41) is 12.0. The van der Waals surface area contributed by atoms with Crippen LogP contribution in [0, 0.1) is 5.82 Å². The molecule has 0 fully saturated rings. The molecule has 1 aromatic carbocycles. The van der Waals surface area contributed by atoms with E-state index in [-0.39, 0.29) is 12.1 Å². The fourth-order valence-electron chi connectivity index (χ4n) is 1.76. The number of aromatic amines is 1. The van der Waals surface area contributed by atoms with Gasteiger partial charge in [0.2, 0.25) is 5.43 Å². The molecule has 2 rings (SSSR count). The Hall–Kier alpha value is -3.16. The summed E-state index contributed by atoms with van der Waals surface area (Å²) in [6.45, 7) is 0.0664. The van der Waals surface area contributed by atoms with Gasteiger partial charge in [-0.25, -0.2) is 4.39 Å². The average molecular weight is 305 g/mol. The molecule has 2 amide bonds. The standard InChI is InChI=1S/C14H12FN3O4/c15-8-3-1-7(2-4-8)5-18-14(22)9-6-17-10(13(16)21)12(20)11(9)19/h1-4,6,20H,5H2,(H2,16,21)(H,17,19)(H,18,22). The highest BCUT2D eigenvalue weighted by Crippen LogP contribution is 2.09. The first-order valence-corrected chi connectivity index (χ1v) is 6.17. The van der Waals surface area contributed by atoms with Gasteiger partial charge in [-0.2, -0.15) is 0 Å². The van der Waals surface area contributed by atoms with Crippen molar-refractivity contribution in [1.29, 1.82) is 0 Å². The van der Waals surface area contributed by atoms with Gasteiger partial charge in [0.25, 0.3) is 11.8 Å². The summed E-state index contributed by atoms with van der Waals surface area (Å²) in [5.74, 6) is -3.09. The van der Waals surface area contributed by atoms with Crippen molar-refractivity contribution in [2.75, 3.05) is 0 Å². The Morgan fingerprint density at radius 2 is 1.91 bits per heavy atom. The normalized spacial score (nSPS) is 10.2. The second kappa shape index (κ2) is 6.08. The second-order valence-corrected chi connectivity index (χ2v) is 4.43. The van der Waals surface area contributed by atoms with Crippen LogP contribution >= 0.6 is 0 Å². The number of primary amides is 1. The van der Waals surface area contributed by atoms with Crippen LogP contribution in [0.5, 0.6) is 5.75 Å². The molecule has 0 unspecified atom stereocenters. The van der Waals surface area contributed by atoms with Gasteiger partial charge >= 0.3 is 0 Å². The molecule has 0 radical (unpaired) electrons. The first-order chi connectivity index (χ1) is 10.4. The van der Waals surface area contributed by atoms with Gasteiger partial charge in [0.05, 0.1) is 0 Å². The first kappa shape index (κ1) is 15.2. The summed E-state index contributed by atoms with van der Waals surface area (Å²) in [6.07, 6.45) is 0.988. The Labute approximate surface area is 123 Å². The van der Waals surface area contributed by atoms with E-state index in [1.54, 1.807) is 0 Å². The first-order valence-electron chi connectivity index (χ1n) is 6.17. The van der Waals surface area contributed by atoms with Crippen LogP contribution in [0.1, 0.15) is 26.4 Å². The van der Waals surface area contributed by atoms with Gasteiger partial charge in [0, 0.05) is 12.7 Å². The second-order valence-electron chi connectivity index (χ2n) is 4.43. The number of hydrogen-bond acceptors (Lipinski definition) is 4. The third-order valence-electron chi connectivity index (χ3n) is 2.91. The van der Waals surface area contributed by atoms with E-state index in [9.17, 15) is 23.9 Å². The van der Waals surface area contributed by atoms with Gasteiger partial charge in [-0.3, -0.25) is 14.4 Å². The predicted octanol–water partition coefficient (Wildman–Crippen LogP) is 0.248. The number of aromatic nitrogens is 1. The number of aromatic hydroxyl groups is 1. The van der Waals surface area contributed by atoms with Crippen molar-refractivity contribution >= 4 is 11.8 Å². The van der Waals surface area contributed by atoms with Crippen molar-refractivity contribution in [1.82, 2.24) is 10.3 Å². The molecule has 1 aromatic heterocycles. The number of amides is 2. The molecule has 0 aliphatic heterocycles. The van der Waals surface area contributed by atoms with Crippen molar-refractivity contribution in [3.8, 4) is 5.75 Å². The van der Waals surface area contributed by atoms with Crippen LogP contribution in [0.15, 0.2) is 35.3 Å². The summed E-state index contributed by atoms with van der Waals surface area (Å²) in [7, 11) is 0. The molecule has 114 valence electrons. The lowest BCUT2D eigenvalue weighted by Crippen LogP contribution is -2.29. The molecule has 0 bridgehead atoms. The maximum atomic E-state index is 12.8. The average Bonchev–Trinajstić information content (AvgIpc) is 2.48. The molecule has 8 heteroatoms. The number of pyridine rings is 1. The van der Waals surface area contributed by atoms with E-state index in [4.69, 9.17) is 5.73 Å². The Kier molecular flexibility index (Phi) is 4.21. The highest BCUT2D eigenvalue weighted by atomic mass is 19.1. The van der Waals surface area contributed by atoms with Gasteiger partial charge in [-0.1, -0.05) is 12.1 Å².